The summed E-state index contributed by atoms with van der Waals surface area (Å²) in [6.07, 6.45) is 4.52. The van der Waals surface area contributed by atoms with Crippen LogP contribution in [0.5, 0.6) is 0 Å². The molecule has 0 fully saturated rings. The van der Waals surface area contributed by atoms with E-state index in [2.05, 4.69) is 87.5 Å². The number of hydrogen-bond donors (Lipinski definition) is 0. The summed E-state index contributed by atoms with van der Waals surface area (Å²) < 4.78 is 0. The normalized spacial score (nSPS) is 11.2. The van der Waals surface area contributed by atoms with Gasteiger partial charge in [-0.3, -0.25) is 0 Å². The average molecular weight is 264 g/mol. The van der Waals surface area contributed by atoms with E-state index < -0.39 is 0 Å². The number of allylic oxidation sites excluding steroid dienone is 2. The molecule has 0 unspecified atom stereocenters. The zero-order chi connectivity index (χ0) is 14.4. The van der Waals surface area contributed by atoms with Gasteiger partial charge < -0.3 is 0 Å². The largest absolute Gasteiger partial charge is 0.0847 e. The van der Waals surface area contributed by atoms with Crippen molar-refractivity contribution >= 4 is 0 Å². The maximum Gasteiger partial charge on any atom is 0.0234 e. The maximum atomic E-state index is 2.36. The van der Waals surface area contributed by atoms with Crippen LogP contribution in [0.2, 0.25) is 0 Å². The lowest BCUT2D eigenvalue weighted by Gasteiger charge is -2.33. The summed E-state index contributed by atoms with van der Waals surface area (Å²) in [5.74, 6) is 0. The second-order valence-corrected chi connectivity index (χ2v) is 5.65. The number of benzene rings is 2. The smallest absolute Gasteiger partial charge is 0.0234 e. The molecular weight excluding hydrogens is 240 g/mol. The Labute approximate surface area is 123 Å². The van der Waals surface area contributed by atoms with Crippen molar-refractivity contribution in [2.75, 3.05) is 0 Å². The van der Waals surface area contributed by atoms with E-state index in [0.29, 0.717) is 0 Å². The summed E-state index contributed by atoms with van der Waals surface area (Å²) in [4.78, 5) is 0. The van der Waals surface area contributed by atoms with Gasteiger partial charge in [0.2, 0.25) is 0 Å². The van der Waals surface area contributed by atoms with Crippen molar-refractivity contribution < 1.29 is 0 Å². The first-order valence-corrected chi connectivity index (χ1v) is 7.43. The standard InChI is InChI=1S/C20H24/c1-4-20(16-15-17(2)3,18-11-7-5-8-12-18)19-13-9-6-10-14-19/h5-15H,4,16H2,1-3H3. The summed E-state index contributed by atoms with van der Waals surface area (Å²) in [5.41, 5.74) is 4.28. The van der Waals surface area contributed by atoms with E-state index >= 15 is 0 Å². The van der Waals surface area contributed by atoms with Crippen molar-refractivity contribution in [2.45, 2.75) is 39.0 Å². The molecule has 0 N–H and O–H groups in total. The van der Waals surface area contributed by atoms with Crippen molar-refractivity contribution in [3.05, 3.63) is 83.4 Å². The van der Waals surface area contributed by atoms with Gasteiger partial charge in [-0.05, 0) is 37.8 Å². The Morgan fingerprint density at radius 3 is 1.65 bits per heavy atom. The van der Waals surface area contributed by atoms with Gasteiger partial charge in [0, 0.05) is 5.41 Å². The SMILES string of the molecule is CCC(CC=C(C)C)(c1ccccc1)c1ccccc1. The highest BCUT2D eigenvalue weighted by Crippen LogP contribution is 2.39. The average Bonchev–Trinajstić information content (AvgIpc) is 2.50. The molecule has 104 valence electrons. The molecule has 0 atom stereocenters. The lowest BCUT2D eigenvalue weighted by molar-refractivity contribution is 0.501. The lowest BCUT2D eigenvalue weighted by atomic mass is 9.70. The molecule has 0 heteroatoms. The van der Waals surface area contributed by atoms with Crippen LogP contribution >= 0.6 is 0 Å². The highest BCUT2D eigenvalue weighted by molar-refractivity contribution is 5.40. The van der Waals surface area contributed by atoms with Gasteiger partial charge in [-0.25, -0.2) is 0 Å². The van der Waals surface area contributed by atoms with Gasteiger partial charge in [0.25, 0.3) is 0 Å². The van der Waals surface area contributed by atoms with Crippen LogP contribution in [0.4, 0.5) is 0 Å². The van der Waals surface area contributed by atoms with E-state index in [1.165, 1.54) is 16.7 Å². The van der Waals surface area contributed by atoms with Crippen molar-refractivity contribution in [3.63, 3.8) is 0 Å². The van der Waals surface area contributed by atoms with Gasteiger partial charge in [0.05, 0.1) is 0 Å². The molecule has 0 spiro atoms. The van der Waals surface area contributed by atoms with Gasteiger partial charge in [-0.15, -0.1) is 0 Å². The highest BCUT2D eigenvalue weighted by Gasteiger charge is 2.30. The van der Waals surface area contributed by atoms with Crippen LogP contribution in [0.3, 0.4) is 0 Å². The molecule has 2 rings (SSSR count). The fourth-order valence-electron chi connectivity index (χ4n) is 2.85. The van der Waals surface area contributed by atoms with Crippen LogP contribution < -0.4 is 0 Å². The molecule has 0 bridgehead atoms. The first-order chi connectivity index (χ1) is 9.69. The third-order valence-corrected chi connectivity index (χ3v) is 4.12. The molecule has 0 aliphatic rings. The van der Waals surface area contributed by atoms with E-state index in [-0.39, 0.29) is 5.41 Å². The van der Waals surface area contributed by atoms with E-state index in [0.717, 1.165) is 12.8 Å². The minimum absolute atomic E-state index is 0.0831. The molecule has 0 heterocycles. The predicted octanol–water partition coefficient (Wildman–Crippen LogP) is 5.74. The topological polar surface area (TPSA) is 0 Å². The zero-order valence-electron chi connectivity index (χ0n) is 12.8. The third-order valence-electron chi connectivity index (χ3n) is 4.12. The second-order valence-electron chi connectivity index (χ2n) is 5.65. The Morgan fingerprint density at radius 2 is 1.30 bits per heavy atom. The Morgan fingerprint density at radius 1 is 0.850 bits per heavy atom. The Hall–Kier alpha value is -1.82. The van der Waals surface area contributed by atoms with Crippen LogP contribution in [0.25, 0.3) is 0 Å². The van der Waals surface area contributed by atoms with Gasteiger partial charge in [-0.1, -0.05) is 79.2 Å². The molecule has 0 amide bonds. The van der Waals surface area contributed by atoms with Gasteiger partial charge in [-0.2, -0.15) is 0 Å². The lowest BCUT2D eigenvalue weighted by Crippen LogP contribution is -2.26. The van der Waals surface area contributed by atoms with Crippen molar-refractivity contribution in [2.24, 2.45) is 0 Å². The quantitative estimate of drug-likeness (QED) is 0.604. The fourth-order valence-corrected chi connectivity index (χ4v) is 2.85. The molecule has 0 radical (unpaired) electrons. The minimum Gasteiger partial charge on any atom is -0.0847 e. The molecule has 0 saturated carbocycles. The number of hydrogen-bond acceptors (Lipinski definition) is 0. The summed E-state index contributed by atoms with van der Waals surface area (Å²) in [6, 6.07) is 21.8. The van der Waals surface area contributed by atoms with Gasteiger partial charge in [0.15, 0.2) is 0 Å². The zero-order valence-corrected chi connectivity index (χ0v) is 12.8. The predicted molar refractivity (Wildman–Crippen MR) is 88.0 cm³/mol. The molecule has 0 aliphatic carbocycles. The van der Waals surface area contributed by atoms with Crippen molar-refractivity contribution in [1.29, 1.82) is 0 Å². The monoisotopic (exact) mass is 264 g/mol. The first-order valence-electron chi connectivity index (χ1n) is 7.43. The van der Waals surface area contributed by atoms with Crippen LogP contribution in [0, 0.1) is 0 Å². The summed E-state index contributed by atoms with van der Waals surface area (Å²) in [5, 5.41) is 0. The molecule has 0 aromatic heterocycles. The molecule has 0 nitrogen and oxygen atoms in total. The summed E-state index contributed by atoms with van der Waals surface area (Å²) in [7, 11) is 0. The Bertz CT molecular complexity index is 506. The molecule has 0 aliphatic heterocycles. The van der Waals surface area contributed by atoms with Crippen LogP contribution in [0.1, 0.15) is 44.7 Å². The summed E-state index contributed by atoms with van der Waals surface area (Å²) in [6.45, 7) is 6.64. The van der Waals surface area contributed by atoms with Crippen molar-refractivity contribution in [3.8, 4) is 0 Å². The highest BCUT2D eigenvalue weighted by atomic mass is 14.3. The first kappa shape index (κ1) is 14.6. The molecular formula is C20H24. The van der Waals surface area contributed by atoms with Gasteiger partial charge in [0.1, 0.15) is 0 Å². The third kappa shape index (κ3) is 3.01. The minimum atomic E-state index is 0.0831. The Kier molecular flexibility index (Phi) is 4.79. The van der Waals surface area contributed by atoms with Crippen LogP contribution in [-0.4, -0.2) is 0 Å². The molecule has 20 heavy (non-hydrogen) atoms. The van der Waals surface area contributed by atoms with Crippen molar-refractivity contribution in [1.82, 2.24) is 0 Å². The summed E-state index contributed by atoms with van der Waals surface area (Å²) >= 11 is 0. The Balaban J connectivity index is 2.55. The van der Waals surface area contributed by atoms with Gasteiger partial charge >= 0.3 is 0 Å². The fraction of sp³-hybridized carbons (Fsp3) is 0.300. The van der Waals surface area contributed by atoms with E-state index in [4.69, 9.17) is 0 Å². The van der Waals surface area contributed by atoms with E-state index in [1.54, 1.807) is 0 Å². The van der Waals surface area contributed by atoms with E-state index in [1.807, 2.05) is 0 Å². The molecule has 0 saturated heterocycles. The molecule has 2 aromatic rings. The second kappa shape index (κ2) is 6.56. The van der Waals surface area contributed by atoms with E-state index in [9.17, 15) is 0 Å². The van der Waals surface area contributed by atoms with Crippen LogP contribution in [0.15, 0.2) is 72.3 Å². The number of rotatable bonds is 5. The van der Waals surface area contributed by atoms with Crippen LogP contribution in [-0.2, 0) is 5.41 Å². The maximum absolute atomic E-state index is 2.36. The molecule has 2 aromatic carbocycles.